The maximum Gasteiger partial charge on any atom is 0.255 e. The highest BCUT2D eigenvalue weighted by Gasteiger charge is 2.10. The molecule has 0 saturated heterocycles. The first-order valence-corrected chi connectivity index (χ1v) is 7.72. The van der Waals surface area contributed by atoms with Crippen molar-refractivity contribution in [1.29, 1.82) is 0 Å². The van der Waals surface area contributed by atoms with Crippen LogP contribution in [-0.2, 0) is 9.59 Å². The molecule has 2 aromatic rings. The molecule has 2 aromatic carbocycles. The Morgan fingerprint density at radius 1 is 1.04 bits per heavy atom. The van der Waals surface area contributed by atoms with E-state index < -0.39 is 11.9 Å². The molecule has 2 amide bonds. The Morgan fingerprint density at radius 2 is 1.73 bits per heavy atom. The van der Waals surface area contributed by atoms with Crippen molar-refractivity contribution in [2.24, 2.45) is 0 Å². The summed E-state index contributed by atoms with van der Waals surface area (Å²) < 4.78 is 5.17. The lowest BCUT2D eigenvalue weighted by Crippen LogP contribution is -2.20. The van der Waals surface area contributed by atoms with Crippen molar-refractivity contribution in [1.82, 2.24) is 0 Å². The monoisotopic (exact) mass is 373 g/mol. The highest BCUT2D eigenvalue weighted by molar-refractivity contribution is 6.31. The van der Waals surface area contributed by atoms with Gasteiger partial charge in [-0.25, -0.2) is 0 Å². The standard InChI is InChI=1S/C18H15ClN2O5/c1-26-15-7-4-12(19)10-14(15)21-18(25)11-2-5-13(6-3-11)20-16(22)8-9-17(23)24/h2-10H,1H3,(H,20,22)(H,21,25)(H,23,24)/p-1/b9-8-. The first kappa shape index (κ1) is 19.0. The summed E-state index contributed by atoms with van der Waals surface area (Å²) in [6.45, 7) is 0. The lowest BCUT2D eigenvalue weighted by Gasteiger charge is -2.11. The number of hydrogen-bond donors (Lipinski definition) is 2. The van der Waals surface area contributed by atoms with Crippen LogP contribution in [0.15, 0.2) is 54.6 Å². The summed E-state index contributed by atoms with van der Waals surface area (Å²) in [6.07, 6.45) is 1.46. The van der Waals surface area contributed by atoms with Crippen molar-refractivity contribution in [3.8, 4) is 5.75 Å². The highest BCUT2D eigenvalue weighted by atomic mass is 35.5. The Labute approximate surface area is 154 Å². The molecule has 134 valence electrons. The van der Waals surface area contributed by atoms with Crippen LogP contribution in [0.4, 0.5) is 11.4 Å². The van der Waals surface area contributed by atoms with Crippen molar-refractivity contribution >= 4 is 40.8 Å². The number of benzene rings is 2. The minimum absolute atomic E-state index is 0.343. The number of carbonyl (C=O) groups is 3. The van der Waals surface area contributed by atoms with Gasteiger partial charge in [-0.1, -0.05) is 11.6 Å². The normalized spacial score (nSPS) is 10.4. The van der Waals surface area contributed by atoms with E-state index in [9.17, 15) is 19.5 Å². The maximum absolute atomic E-state index is 12.3. The van der Waals surface area contributed by atoms with Crippen LogP contribution < -0.4 is 20.5 Å². The van der Waals surface area contributed by atoms with Crippen molar-refractivity contribution in [2.45, 2.75) is 0 Å². The van der Waals surface area contributed by atoms with Crippen molar-refractivity contribution in [3.05, 3.63) is 65.2 Å². The summed E-state index contributed by atoms with van der Waals surface area (Å²) in [5.41, 5.74) is 1.17. The number of ether oxygens (including phenoxy) is 1. The number of rotatable bonds is 6. The molecule has 0 aliphatic rings. The number of nitrogens with one attached hydrogen (secondary N) is 2. The molecule has 7 nitrogen and oxygen atoms in total. The summed E-state index contributed by atoms with van der Waals surface area (Å²) in [6, 6.07) is 10.9. The van der Waals surface area contributed by atoms with Gasteiger partial charge in [-0.05, 0) is 48.5 Å². The van der Waals surface area contributed by atoms with E-state index in [4.69, 9.17) is 16.3 Å². The molecular weight excluding hydrogens is 360 g/mol. The highest BCUT2D eigenvalue weighted by Crippen LogP contribution is 2.28. The van der Waals surface area contributed by atoms with Crippen LogP contribution >= 0.6 is 11.6 Å². The van der Waals surface area contributed by atoms with Crippen molar-refractivity contribution < 1.29 is 24.2 Å². The van der Waals surface area contributed by atoms with E-state index in [1.807, 2.05) is 0 Å². The molecule has 26 heavy (non-hydrogen) atoms. The number of carbonyl (C=O) groups excluding carboxylic acids is 3. The van der Waals surface area contributed by atoms with Crippen molar-refractivity contribution in [3.63, 3.8) is 0 Å². The molecular formula is C18H14ClN2O5-. The zero-order chi connectivity index (χ0) is 19.1. The number of hydrogen-bond acceptors (Lipinski definition) is 5. The lowest BCUT2D eigenvalue weighted by atomic mass is 10.2. The van der Waals surface area contributed by atoms with E-state index in [1.54, 1.807) is 18.2 Å². The second-order valence-corrected chi connectivity index (χ2v) is 5.45. The summed E-state index contributed by atoms with van der Waals surface area (Å²) in [5, 5.41) is 15.8. The van der Waals surface area contributed by atoms with Gasteiger partial charge in [-0.2, -0.15) is 0 Å². The Hall–Kier alpha value is -3.32. The Bertz CT molecular complexity index is 862. The van der Waals surface area contributed by atoms with E-state index in [1.165, 1.54) is 31.4 Å². The minimum atomic E-state index is -1.47. The summed E-state index contributed by atoms with van der Waals surface area (Å²) >= 11 is 5.92. The number of amides is 2. The average molecular weight is 374 g/mol. The summed E-state index contributed by atoms with van der Waals surface area (Å²) in [5.74, 6) is -2.02. The molecule has 0 spiro atoms. The van der Waals surface area contributed by atoms with Crippen LogP contribution in [0.1, 0.15) is 10.4 Å². The van der Waals surface area contributed by atoms with Gasteiger partial charge in [0.25, 0.3) is 5.91 Å². The topological polar surface area (TPSA) is 108 Å². The van der Waals surface area contributed by atoms with Crippen LogP contribution in [0, 0.1) is 0 Å². The van der Waals surface area contributed by atoms with Gasteiger partial charge in [-0.15, -0.1) is 0 Å². The summed E-state index contributed by atoms with van der Waals surface area (Å²) in [7, 11) is 1.48. The molecule has 8 heteroatoms. The van der Waals surface area contributed by atoms with Crippen LogP contribution in [-0.4, -0.2) is 24.9 Å². The molecule has 0 aliphatic carbocycles. The molecule has 2 N–H and O–H groups in total. The molecule has 0 aliphatic heterocycles. The molecule has 0 atom stereocenters. The van der Waals surface area contributed by atoms with Gasteiger partial charge in [-0.3, -0.25) is 9.59 Å². The molecule has 0 unspecified atom stereocenters. The molecule has 0 heterocycles. The zero-order valence-corrected chi connectivity index (χ0v) is 14.4. The Kier molecular flexibility index (Phi) is 6.35. The average Bonchev–Trinajstić information content (AvgIpc) is 2.61. The van der Waals surface area contributed by atoms with E-state index in [0.29, 0.717) is 33.8 Å². The number of methoxy groups -OCH3 is 1. The number of carboxylic acids is 1. The molecule has 0 bridgehead atoms. The smallest absolute Gasteiger partial charge is 0.255 e. The largest absolute Gasteiger partial charge is 0.545 e. The van der Waals surface area contributed by atoms with E-state index in [-0.39, 0.29) is 5.91 Å². The molecule has 0 aromatic heterocycles. The number of halogens is 1. The predicted molar refractivity (Wildman–Crippen MR) is 95.2 cm³/mol. The fourth-order valence-electron chi connectivity index (χ4n) is 2.00. The van der Waals surface area contributed by atoms with Crippen molar-refractivity contribution in [2.75, 3.05) is 17.7 Å². The Morgan fingerprint density at radius 3 is 2.35 bits per heavy atom. The van der Waals surface area contributed by atoms with Gasteiger partial charge in [0.15, 0.2) is 0 Å². The van der Waals surface area contributed by atoms with Gasteiger partial charge in [0.1, 0.15) is 5.75 Å². The van der Waals surface area contributed by atoms with Crippen LogP contribution in [0.25, 0.3) is 0 Å². The van der Waals surface area contributed by atoms with E-state index in [0.717, 1.165) is 6.08 Å². The van der Waals surface area contributed by atoms with Gasteiger partial charge in [0.2, 0.25) is 5.91 Å². The van der Waals surface area contributed by atoms with Gasteiger partial charge >= 0.3 is 0 Å². The van der Waals surface area contributed by atoms with E-state index in [2.05, 4.69) is 10.6 Å². The quantitative estimate of drug-likeness (QED) is 0.751. The van der Waals surface area contributed by atoms with Gasteiger partial charge in [0, 0.05) is 22.3 Å². The molecule has 2 rings (SSSR count). The number of anilines is 2. The van der Waals surface area contributed by atoms with Crippen LogP contribution in [0.5, 0.6) is 5.75 Å². The predicted octanol–water partition coefficient (Wildman–Crippen LogP) is 1.85. The third-order valence-electron chi connectivity index (χ3n) is 3.20. The minimum Gasteiger partial charge on any atom is -0.545 e. The van der Waals surface area contributed by atoms with Gasteiger partial charge in [0.05, 0.1) is 18.8 Å². The zero-order valence-electron chi connectivity index (χ0n) is 13.6. The second kappa shape index (κ2) is 8.68. The fourth-order valence-corrected chi connectivity index (χ4v) is 2.18. The maximum atomic E-state index is 12.3. The fraction of sp³-hybridized carbons (Fsp3) is 0.0556. The molecule has 0 fully saturated rings. The summed E-state index contributed by atoms with van der Waals surface area (Å²) in [4.78, 5) is 34.1. The number of aliphatic carboxylic acids is 1. The van der Waals surface area contributed by atoms with Crippen LogP contribution in [0.2, 0.25) is 5.02 Å². The Balaban J connectivity index is 2.06. The van der Waals surface area contributed by atoms with Crippen LogP contribution in [0.3, 0.4) is 0 Å². The van der Waals surface area contributed by atoms with E-state index >= 15 is 0 Å². The lowest BCUT2D eigenvalue weighted by molar-refractivity contribution is -0.297. The van der Waals surface area contributed by atoms with Gasteiger partial charge < -0.3 is 25.3 Å². The SMILES string of the molecule is COc1ccc(Cl)cc1NC(=O)c1ccc(NC(=O)/C=C\C(=O)[O-])cc1. The second-order valence-electron chi connectivity index (χ2n) is 5.02. The first-order chi connectivity index (χ1) is 12.4. The number of carboxylic acid groups (broad SMARTS) is 1. The molecule has 0 radical (unpaired) electrons. The first-order valence-electron chi connectivity index (χ1n) is 7.34. The molecule has 0 saturated carbocycles. The third-order valence-corrected chi connectivity index (χ3v) is 3.43. The third kappa shape index (κ3) is 5.35.